The minimum Gasteiger partial charge on any atom is -0.370 e. The number of fused-ring (bicyclic) bond motifs is 1. The van der Waals surface area contributed by atoms with E-state index in [-0.39, 0.29) is 5.56 Å². The first-order valence-electron chi connectivity index (χ1n) is 6.20. The molecule has 1 amide bonds. The van der Waals surface area contributed by atoms with E-state index in [4.69, 9.17) is 5.73 Å². The van der Waals surface area contributed by atoms with Crippen LogP contribution in [0.15, 0.2) is 18.2 Å². The van der Waals surface area contributed by atoms with Gasteiger partial charge in [0.2, 0.25) is 0 Å². The standard InChI is InChI=1S/C13H16FN3O/c14-10-1-2-12(11(3-10)13(15)18)17-6-8-4-16-5-9(8)7-17/h1-3,8-9,16H,4-7H2,(H2,15,18)/t8-,9+. The topological polar surface area (TPSA) is 58.4 Å². The van der Waals surface area contributed by atoms with Crippen LogP contribution < -0.4 is 16.0 Å². The van der Waals surface area contributed by atoms with Gasteiger partial charge in [0.25, 0.3) is 5.91 Å². The predicted octanol–water partition coefficient (Wildman–Crippen LogP) is 0.580. The number of primary amides is 1. The highest BCUT2D eigenvalue weighted by Gasteiger charge is 2.37. The molecule has 0 radical (unpaired) electrons. The van der Waals surface area contributed by atoms with Crippen molar-refractivity contribution in [2.24, 2.45) is 17.6 Å². The van der Waals surface area contributed by atoms with Gasteiger partial charge in [0.05, 0.1) is 5.56 Å². The first-order valence-corrected chi connectivity index (χ1v) is 6.20. The summed E-state index contributed by atoms with van der Waals surface area (Å²) >= 11 is 0. The fourth-order valence-electron chi connectivity index (χ4n) is 3.03. The molecule has 2 aliphatic rings. The van der Waals surface area contributed by atoms with Crippen LogP contribution in [0.5, 0.6) is 0 Å². The fourth-order valence-corrected chi connectivity index (χ4v) is 3.03. The molecular weight excluding hydrogens is 233 g/mol. The molecule has 5 heteroatoms. The maximum absolute atomic E-state index is 13.2. The summed E-state index contributed by atoms with van der Waals surface area (Å²) in [6.07, 6.45) is 0. The molecule has 0 spiro atoms. The zero-order valence-corrected chi connectivity index (χ0v) is 10.0. The number of anilines is 1. The second kappa shape index (κ2) is 4.24. The third-order valence-electron chi connectivity index (χ3n) is 3.95. The van der Waals surface area contributed by atoms with Crippen molar-refractivity contribution < 1.29 is 9.18 Å². The van der Waals surface area contributed by atoms with Crippen LogP contribution >= 0.6 is 0 Å². The summed E-state index contributed by atoms with van der Waals surface area (Å²) in [4.78, 5) is 13.5. The second-order valence-electron chi connectivity index (χ2n) is 5.11. The molecule has 2 fully saturated rings. The Kier molecular flexibility index (Phi) is 2.70. The first kappa shape index (κ1) is 11.5. The van der Waals surface area contributed by atoms with Crippen LogP contribution in [0.25, 0.3) is 0 Å². The molecule has 96 valence electrons. The summed E-state index contributed by atoms with van der Waals surface area (Å²) in [6.45, 7) is 3.86. The van der Waals surface area contributed by atoms with Crippen LogP contribution in [-0.2, 0) is 0 Å². The van der Waals surface area contributed by atoms with Gasteiger partial charge in [0, 0.05) is 31.9 Å². The molecule has 2 aliphatic heterocycles. The van der Waals surface area contributed by atoms with Gasteiger partial charge < -0.3 is 16.0 Å². The highest BCUT2D eigenvalue weighted by Crippen LogP contribution is 2.32. The van der Waals surface area contributed by atoms with E-state index in [1.165, 1.54) is 12.1 Å². The molecule has 0 aromatic heterocycles. The van der Waals surface area contributed by atoms with E-state index >= 15 is 0 Å². The molecule has 2 atom stereocenters. The number of hydrogen-bond acceptors (Lipinski definition) is 3. The molecule has 3 N–H and O–H groups in total. The Bertz CT molecular complexity index is 479. The molecule has 0 unspecified atom stereocenters. The Morgan fingerprint density at radius 3 is 2.61 bits per heavy atom. The van der Waals surface area contributed by atoms with E-state index < -0.39 is 11.7 Å². The number of nitrogens with zero attached hydrogens (tertiary/aromatic N) is 1. The number of rotatable bonds is 2. The van der Waals surface area contributed by atoms with Crippen LogP contribution in [0.4, 0.5) is 10.1 Å². The molecule has 0 aliphatic carbocycles. The van der Waals surface area contributed by atoms with Crippen LogP contribution in [0, 0.1) is 17.7 Å². The van der Waals surface area contributed by atoms with Crippen LogP contribution in [0.1, 0.15) is 10.4 Å². The van der Waals surface area contributed by atoms with E-state index in [1.807, 2.05) is 0 Å². The molecule has 0 saturated carbocycles. The Hall–Kier alpha value is -1.62. The summed E-state index contributed by atoms with van der Waals surface area (Å²) in [5.41, 5.74) is 6.37. The number of nitrogens with one attached hydrogen (secondary N) is 1. The van der Waals surface area contributed by atoms with Gasteiger partial charge in [-0.1, -0.05) is 0 Å². The smallest absolute Gasteiger partial charge is 0.250 e. The average molecular weight is 249 g/mol. The van der Waals surface area contributed by atoms with Crippen molar-refractivity contribution >= 4 is 11.6 Å². The van der Waals surface area contributed by atoms with E-state index in [0.29, 0.717) is 11.8 Å². The highest BCUT2D eigenvalue weighted by atomic mass is 19.1. The van der Waals surface area contributed by atoms with Crippen molar-refractivity contribution in [1.29, 1.82) is 0 Å². The monoisotopic (exact) mass is 249 g/mol. The van der Waals surface area contributed by atoms with E-state index in [9.17, 15) is 9.18 Å². The normalized spacial score (nSPS) is 26.4. The highest BCUT2D eigenvalue weighted by molar-refractivity contribution is 5.98. The number of nitrogens with two attached hydrogens (primary N) is 1. The molecule has 2 saturated heterocycles. The van der Waals surface area contributed by atoms with Crippen molar-refractivity contribution in [1.82, 2.24) is 5.32 Å². The van der Waals surface area contributed by atoms with Gasteiger partial charge in [-0.25, -0.2) is 4.39 Å². The lowest BCUT2D eigenvalue weighted by Gasteiger charge is -2.22. The summed E-state index contributed by atoms with van der Waals surface area (Å²) in [5.74, 6) is 0.250. The molecule has 4 nitrogen and oxygen atoms in total. The number of halogens is 1. The third-order valence-corrected chi connectivity index (χ3v) is 3.95. The summed E-state index contributed by atoms with van der Waals surface area (Å²) < 4.78 is 13.2. The first-order chi connectivity index (χ1) is 8.65. The largest absolute Gasteiger partial charge is 0.370 e. The number of hydrogen-bond donors (Lipinski definition) is 2. The number of carbonyl (C=O) groups is 1. The quantitative estimate of drug-likeness (QED) is 0.806. The van der Waals surface area contributed by atoms with E-state index in [0.717, 1.165) is 31.9 Å². The Morgan fingerprint density at radius 1 is 1.33 bits per heavy atom. The van der Waals surface area contributed by atoms with Crippen LogP contribution in [0.3, 0.4) is 0 Å². The van der Waals surface area contributed by atoms with Crippen molar-refractivity contribution in [2.75, 3.05) is 31.1 Å². The lowest BCUT2D eigenvalue weighted by Crippen LogP contribution is -2.28. The van der Waals surface area contributed by atoms with Crippen LogP contribution in [0.2, 0.25) is 0 Å². The molecule has 2 heterocycles. The molecule has 3 rings (SSSR count). The maximum Gasteiger partial charge on any atom is 0.250 e. The Labute approximate surface area is 105 Å². The minimum atomic E-state index is -0.570. The molecule has 1 aromatic rings. The van der Waals surface area contributed by atoms with Gasteiger partial charge in [-0.05, 0) is 30.0 Å². The summed E-state index contributed by atoms with van der Waals surface area (Å²) in [6, 6.07) is 4.27. The van der Waals surface area contributed by atoms with E-state index in [2.05, 4.69) is 10.2 Å². The van der Waals surface area contributed by atoms with Crippen molar-refractivity contribution in [3.05, 3.63) is 29.6 Å². The predicted molar refractivity (Wildman–Crippen MR) is 67.0 cm³/mol. The van der Waals surface area contributed by atoms with Crippen molar-refractivity contribution in [3.8, 4) is 0 Å². The number of benzene rings is 1. The zero-order chi connectivity index (χ0) is 12.7. The summed E-state index contributed by atoms with van der Waals surface area (Å²) in [7, 11) is 0. The average Bonchev–Trinajstić information content (AvgIpc) is 2.88. The van der Waals surface area contributed by atoms with Gasteiger partial charge in [-0.15, -0.1) is 0 Å². The lowest BCUT2D eigenvalue weighted by molar-refractivity contribution is 0.100. The Morgan fingerprint density at radius 2 is 2.00 bits per heavy atom. The minimum absolute atomic E-state index is 0.280. The number of amides is 1. The molecular formula is C13H16FN3O. The SMILES string of the molecule is NC(=O)c1cc(F)ccc1N1C[C@H]2CNC[C@H]2C1. The van der Waals surface area contributed by atoms with Crippen LogP contribution in [-0.4, -0.2) is 32.1 Å². The third kappa shape index (κ3) is 1.84. The fraction of sp³-hybridized carbons (Fsp3) is 0.462. The van der Waals surface area contributed by atoms with Crippen molar-refractivity contribution in [3.63, 3.8) is 0 Å². The number of carbonyl (C=O) groups excluding carboxylic acids is 1. The Balaban J connectivity index is 1.90. The summed E-state index contributed by atoms with van der Waals surface area (Å²) in [5, 5.41) is 3.36. The second-order valence-corrected chi connectivity index (χ2v) is 5.11. The van der Waals surface area contributed by atoms with Gasteiger partial charge in [-0.2, -0.15) is 0 Å². The zero-order valence-electron chi connectivity index (χ0n) is 10.0. The van der Waals surface area contributed by atoms with Gasteiger partial charge in [0.1, 0.15) is 5.82 Å². The van der Waals surface area contributed by atoms with Crippen molar-refractivity contribution in [2.45, 2.75) is 0 Å². The van der Waals surface area contributed by atoms with Gasteiger partial charge >= 0.3 is 0 Å². The van der Waals surface area contributed by atoms with E-state index in [1.54, 1.807) is 6.07 Å². The molecule has 1 aromatic carbocycles. The van der Waals surface area contributed by atoms with Gasteiger partial charge in [-0.3, -0.25) is 4.79 Å². The molecule has 18 heavy (non-hydrogen) atoms. The lowest BCUT2D eigenvalue weighted by atomic mass is 10.0. The maximum atomic E-state index is 13.2. The molecule has 0 bridgehead atoms. The van der Waals surface area contributed by atoms with Gasteiger partial charge in [0.15, 0.2) is 0 Å².